The summed E-state index contributed by atoms with van der Waals surface area (Å²) in [5.74, 6) is -3.19. The second-order valence-electron chi connectivity index (χ2n) is 12.3. The monoisotopic (exact) mass is 740 g/mol. The molecule has 0 heterocycles. The van der Waals surface area contributed by atoms with Crippen LogP contribution in [0.5, 0.6) is 11.5 Å². The average Bonchev–Trinajstić information content (AvgIpc) is 3.18. The predicted octanol–water partition coefficient (Wildman–Crippen LogP) is 8.43. The summed E-state index contributed by atoms with van der Waals surface area (Å²) in [5.41, 5.74) is 2.71. The van der Waals surface area contributed by atoms with Crippen molar-refractivity contribution in [2.45, 2.75) is 39.6 Å². The van der Waals surface area contributed by atoms with Crippen LogP contribution in [-0.2, 0) is 40.6 Å². The number of amides is 2. The molecule has 0 aliphatic rings. The third-order valence-electron chi connectivity index (χ3n) is 8.22. The zero-order valence-corrected chi connectivity index (χ0v) is 30.1. The lowest BCUT2D eigenvalue weighted by Gasteiger charge is -2.18. The van der Waals surface area contributed by atoms with E-state index < -0.39 is 30.2 Å². The van der Waals surface area contributed by atoms with Gasteiger partial charge in [0.2, 0.25) is 0 Å². The maximum atomic E-state index is 14.1. The number of carbonyl (C=O) groups excluding carboxylic acids is 2. The van der Waals surface area contributed by atoms with Crippen LogP contribution in [-0.4, -0.2) is 34.0 Å². The smallest absolute Gasteiger partial charge is 0.335 e. The van der Waals surface area contributed by atoms with Crippen molar-refractivity contribution in [1.82, 2.24) is 0 Å². The first-order valence-corrected chi connectivity index (χ1v) is 17.4. The molecule has 0 aliphatic carbocycles. The molecule has 280 valence electrons. The fraction of sp³-hybridized carbons (Fsp3) is 0.136. The number of ether oxygens (including phenoxy) is 3. The number of benzene rings is 5. The number of aromatic carboxylic acids is 1. The van der Waals surface area contributed by atoms with Gasteiger partial charge in [0.15, 0.2) is 0 Å². The molecular formula is C44H40N2O9. The minimum Gasteiger partial charge on any atom is -0.492 e. The number of carboxylic acid groups (broad SMARTS) is 2. The van der Waals surface area contributed by atoms with E-state index in [4.69, 9.17) is 14.2 Å². The van der Waals surface area contributed by atoms with E-state index in [1.54, 1.807) is 0 Å². The summed E-state index contributed by atoms with van der Waals surface area (Å²) < 4.78 is 18.1. The predicted molar refractivity (Wildman–Crippen MR) is 208 cm³/mol. The fourth-order valence-electron chi connectivity index (χ4n) is 5.59. The minimum atomic E-state index is -1.31. The SMILES string of the molecule is C=C/C(C(=O)Nc1cc(NC(=O)c2cc(OCc3ccccc3)cc(CC(=O)O)c2OCc2ccccc2)cc(C(=O)O)c1)=C(\CC)OCc1ccccc1. The van der Waals surface area contributed by atoms with Crippen LogP contribution >= 0.6 is 0 Å². The molecule has 0 radical (unpaired) electrons. The zero-order chi connectivity index (χ0) is 39.2. The van der Waals surface area contributed by atoms with Gasteiger partial charge < -0.3 is 35.1 Å². The normalized spacial score (nSPS) is 11.1. The summed E-state index contributed by atoms with van der Waals surface area (Å²) in [6.45, 7) is 6.00. The molecule has 0 bridgehead atoms. The molecule has 5 rings (SSSR count). The number of anilines is 2. The summed E-state index contributed by atoms with van der Waals surface area (Å²) in [6.07, 6.45) is 1.26. The molecule has 5 aromatic rings. The molecule has 0 saturated heterocycles. The van der Waals surface area contributed by atoms with Crippen molar-refractivity contribution in [2.75, 3.05) is 10.6 Å². The van der Waals surface area contributed by atoms with Crippen molar-refractivity contribution < 1.29 is 43.6 Å². The van der Waals surface area contributed by atoms with E-state index in [1.165, 1.54) is 36.4 Å². The van der Waals surface area contributed by atoms with Crippen molar-refractivity contribution >= 4 is 35.1 Å². The van der Waals surface area contributed by atoms with Crippen LogP contribution in [0.4, 0.5) is 11.4 Å². The second kappa shape index (κ2) is 19.1. The van der Waals surface area contributed by atoms with Gasteiger partial charge in [-0.05, 0) is 47.0 Å². The maximum Gasteiger partial charge on any atom is 0.335 e. The van der Waals surface area contributed by atoms with Gasteiger partial charge >= 0.3 is 11.9 Å². The number of rotatable bonds is 18. The van der Waals surface area contributed by atoms with Gasteiger partial charge in [-0.25, -0.2) is 4.79 Å². The summed E-state index contributed by atoms with van der Waals surface area (Å²) in [6, 6.07) is 34.7. The Morgan fingerprint density at radius 2 is 1.24 bits per heavy atom. The van der Waals surface area contributed by atoms with Crippen molar-refractivity contribution in [3.05, 3.63) is 179 Å². The van der Waals surface area contributed by atoms with Crippen molar-refractivity contribution in [1.29, 1.82) is 0 Å². The lowest BCUT2D eigenvalue weighted by atomic mass is 10.0. The Morgan fingerprint density at radius 3 is 1.76 bits per heavy atom. The molecule has 2 amide bonds. The molecule has 11 heteroatoms. The number of carboxylic acids is 2. The van der Waals surface area contributed by atoms with E-state index in [0.29, 0.717) is 12.2 Å². The van der Waals surface area contributed by atoms with Crippen LogP contribution in [0.15, 0.2) is 145 Å². The number of hydrogen-bond donors (Lipinski definition) is 4. The number of hydrogen-bond acceptors (Lipinski definition) is 7. The Balaban J connectivity index is 1.47. The van der Waals surface area contributed by atoms with Gasteiger partial charge in [0.05, 0.1) is 23.1 Å². The first kappa shape index (κ1) is 39.1. The van der Waals surface area contributed by atoms with Gasteiger partial charge in [0.25, 0.3) is 11.8 Å². The Bertz CT molecular complexity index is 2180. The number of allylic oxidation sites excluding steroid dienone is 1. The van der Waals surface area contributed by atoms with E-state index in [-0.39, 0.29) is 65.0 Å². The molecule has 0 fully saturated rings. The topological polar surface area (TPSA) is 160 Å². The van der Waals surface area contributed by atoms with E-state index in [9.17, 15) is 29.4 Å². The number of carbonyl (C=O) groups is 4. The zero-order valence-electron chi connectivity index (χ0n) is 30.1. The molecular weight excluding hydrogens is 700 g/mol. The van der Waals surface area contributed by atoms with Crippen LogP contribution in [0.3, 0.4) is 0 Å². The summed E-state index contributed by atoms with van der Waals surface area (Å²) >= 11 is 0. The van der Waals surface area contributed by atoms with Gasteiger partial charge in [-0.1, -0.05) is 111 Å². The van der Waals surface area contributed by atoms with Crippen LogP contribution in [0.1, 0.15) is 56.3 Å². The highest BCUT2D eigenvalue weighted by molar-refractivity contribution is 6.09. The molecule has 0 aliphatic heterocycles. The lowest BCUT2D eigenvalue weighted by Crippen LogP contribution is -2.18. The van der Waals surface area contributed by atoms with Crippen molar-refractivity contribution in [3.8, 4) is 11.5 Å². The molecule has 0 aromatic heterocycles. The molecule has 0 saturated carbocycles. The van der Waals surface area contributed by atoms with Crippen LogP contribution in [0.25, 0.3) is 0 Å². The first-order valence-electron chi connectivity index (χ1n) is 17.4. The van der Waals surface area contributed by atoms with E-state index in [0.717, 1.165) is 16.7 Å². The first-order chi connectivity index (χ1) is 26.6. The Hall–Kier alpha value is -7.14. The summed E-state index contributed by atoms with van der Waals surface area (Å²) in [4.78, 5) is 51.9. The third kappa shape index (κ3) is 11.2. The Kier molecular flexibility index (Phi) is 13.6. The van der Waals surface area contributed by atoms with Crippen molar-refractivity contribution in [3.63, 3.8) is 0 Å². The maximum absolute atomic E-state index is 14.1. The molecule has 0 spiro atoms. The molecule has 0 atom stereocenters. The molecule has 5 aromatic carbocycles. The highest BCUT2D eigenvalue weighted by Gasteiger charge is 2.23. The van der Waals surface area contributed by atoms with Crippen LogP contribution in [0.2, 0.25) is 0 Å². The fourth-order valence-corrected chi connectivity index (χ4v) is 5.59. The molecule has 4 N–H and O–H groups in total. The van der Waals surface area contributed by atoms with Gasteiger partial charge in [0.1, 0.15) is 37.1 Å². The summed E-state index contributed by atoms with van der Waals surface area (Å²) in [7, 11) is 0. The average molecular weight is 741 g/mol. The van der Waals surface area contributed by atoms with Crippen LogP contribution < -0.4 is 20.1 Å². The largest absolute Gasteiger partial charge is 0.492 e. The molecule has 0 unspecified atom stereocenters. The third-order valence-corrected chi connectivity index (χ3v) is 8.22. The summed E-state index contributed by atoms with van der Waals surface area (Å²) in [5, 5.41) is 25.2. The van der Waals surface area contributed by atoms with E-state index in [1.807, 2.05) is 97.9 Å². The highest BCUT2D eigenvalue weighted by atomic mass is 16.5. The highest BCUT2D eigenvalue weighted by Crippen LogP contribution is 2.33. The van der Waals surface area contributed by atoms with Crippen LogP contribution in [0, 0.1) is 0 Å². The van der Waals surface area contributed by atoms with E-state index in [2.05, 4.69) is 17.2 Å². The molecule has 11 nitrogen and oxygen atoms in total. The minimum absolute atomic E-state index is 0.0158. The number of aliphatic carboxylic acids is 1. The quantitative estimate of drug-likeness (QED) is 0.0393. The van der Waals surface area contributed by atoms with E-state index >= 15 is 0 Å². The van der Waals surface area contributed by atoms with Gasteiger partial charge in [0, 0.05) is 23.4 Å². The standard InChI is InChI=1S/C44H40N2O9/c1-3-37(39(4-2)54-27-30-16-10-6-11-17-30)42(49)45-34-20-33(44(51)52)21-35(24-34)46-43(50)38-25-36(53-26-29-14-8-5-9-15-29)22-32(23-40(47)48)41(38)55-28-31-18-12-7-13-19-31/h3,5-22,24-25H,1,4,23,26-28H2,2H3,(H,45,49)(H,46,50)(H,47,48)(H,51,52)/b39-37-. The Morgan fingerprint density at radius 1 is 0.691 bits per heavy atom. The van der Waals surface area contributed by atoms with Gasteiger partial charge in [-0.3, -0.25) is 14.4 Å². The Labute approximate surface area is 318 Å². The second-order valence-corrected chi connectivity index (χ2v) is 12.3. The number of nitrogens with one attached hydrogen (secondary N) is 2. The van der Waals surface area contributed by atoms with Gasteiger partial charge in [-0.2, -0.15) is 0 Å². The lowest BCUT2D eigenvalue weighted by molar-refractivity contribution is -0.136. The molecule has 55 heavy (non-hydrogen) atoms. The van der Waals surface area contributed by atoms with Crippen molar-refractivity contribution in [2.24, 2.45) is 0 Å². The van der Waals surface area contributed by atoms with Gasteiger partial charge in [-0.15, -0.1) is 0 Å².